The van der Waals surface area contributed by atoms with Crippen LogP contribution in [0.25, 0.3) is 0 Å². The highest BCUT2D eigenvalue weighted by Gasteiger charge is 2.36. The van der Waals surface area contributed by atoms with Crippen LogP contribution in [0.2, 0.25) is 0 Å². The Morgan fingerprint density at radius 2 is 1.61 bits per heavy atom. The molecule has 0 radical (unpaired) electrons. The maximum atomic E-state index is 12.1. The van der Waals surface area contributed by atoms with Crippen molar-refractivity contribution in [1.82, 2.24) is 4.90 Å². The molecule has 0 bridgehead atoms. The Labute approximate surface area is 134 Å². The van der Waals surface area contributed by atoms with E-state index in [-0.39, 0.29) is 5.75 Å². The van der Waals surface area contributed by atoms with Gasteiger partial charge in [0.15, 0.2) is 0 Å². The number of ether oxygens (including phenoxy) is 2. The second kappa shape index (κ2) is 6.69. The van der Waals surface area contributed by atoms with Gasteiger partial charge in [-0.05, 0) is 61.9 Å². The van der Waals surface area contributed by atoms with Crippen LogP contribution in [0, 0.1) is 5.41 Å². The molecule has 1 aromatic carbocycles. The number of alkyl halides is 3. The largest absolute Gasteiger partial charge is 0.573 e. The van der Waals surface area contributed by atoms with E-state index in [4.69, 9.17) is 4.74 Å². The van der Waals surface area contributed by atoms with Gasteiger partial charge in [-0.3, -0.25) is 4.90 Å². The lowest BCUT2D eigenvalue weighted by Crippen LogP contribution is -2.42. The van der Waals surface area contributed by atoms with Crippen LogP contribution in [-0.4, -0.2) is 37.6 Å². The highest BCUT2D eigenvalue weighted by atomic mass is 19.4. The zero-order chi connectivity index (χ0) is 16.3. The molecule has 0 aromatic heterocycles. The minimum absolute atomic E-state index is 0.166. The molecule has 3 rings (SSSR count). The van der Waals surface area contributed by atoms with Crippen molar-refractivity contribution in [2.45, 2.75) is 38.6 Å². The molecule has 2 aliphatic rings. The zero-order valence-corrected chi connectivity index (χ0v) is 13.1. The molecule has 0 unspecified atom stereocenters. The van der Waals surface area contributed by atoms with Gasteiger partial charge in [-0.25, -0.2) is 0 Å². The van der Waals surface area contributed by atoms with Crippen molar-refractivity contribution in [3.8, 4) is 5.75 Å². The summed E-state index contributed by atoms with van der Waals surface area (Å²) < 4.78 is 45.8. The lowest BCUT2D eigenvalue weighted by Gasteiger charge is -2.44. The third kappa shape index (κ3) is 4.61. The topological polar surface area (TPSA) is 21.7 Å². The first kappa shape index (κ1) is 16.6. The monoisotopic (exact) mass is 329 g/mol. The van der Waals surface area contributed by atoms with Gasteiger partial charge in [0.05, 0.1) is 0 Å². The van der Waals surface area contributed by atoms with E-state index in [1.54, 1.807) is 12.1 Å². The van der Waals surface area contributed by atoms with Crippen molar-refractivity contribution in [2.24, 2.45) is 5.41 Å². The summed E-state index contributed by atoms with van der Waals surface area (Å²) >= 11 is 0. The molecule has 2 aliphatic heterocycles. The van der Waals surface area contributed by atoms with E-state index in [0.29, 0.717) is 5.41 Å². The molecular formula is C17H22F3NO2. The van der Waals surface area contributed by atoms with E-state index in [1.165, 1.54) is 25.0 Å². The first-order chi connectivity index (χ1) is 10.9. The third-order valence-electron chi connectivity index (χ3n) is 5.03. The number of hydrogen-bond acceptors (Lipinski definition) is 3. The second-order valence-corrected chi connectivity index (χ2v) is 6.58. The van der Waals surface area contributed by atoms with Crippen molar-refractivity contribution in [2.75, 3.05) is 26.3 Å². The van der Waals surface area contributed by atoms with Gasteiger partial charge in [0, 0.05) is 19.8 Å². The van der Waals surface area contributed by atoms with Crippen molar-refractivity contribution >= 4 is 0 Å². The minimum atomic E-state index is -4.63. The number of halogens is 3. The van der Waals surface area contributed by atoms with Crippen LogP contribution in [0.1, 0.15) is 31.2 Å². The summed E-state index contributed by atoms with van der Waals surface area (Å²) in [5.74, 6) is -0.166. The van der Waals surface area contributed by atoms with E-state index in [2.05, 4.69) is 9.64 Å². The summed E-state index contributed by atoms with van der Waals surface area (Å²) in [5, 5.41) is 0. The molecule has 3 nitrogen and oxygen atoms in total. The third-order valence-corrected chi connectivity index (χ3v) is 5.03. The average Bonchev–Trinajstić information content (AvgIpc) is 2.51. The Morgan fingerprint density at radius 1 is 1.00 bits per heavy atom. The van der Waals surface area contributed by atoms with Gasteiger partial charge in [-0.1, -0.05) is 12.1 Å². The molecule has 1 spiro atoms. The molecule has 2 fully saturated rings. The summed E-state index contributed by atoms with van der Waals surface area (Å²) in [6, 6.07) is 6.18. The van der Waals surface area contributed by atoms with Crippen LogP contribution in [-0.2, 0) is 11.3 Å². The molecule has 0 N–H and O–H groups in total. The first-order valence-corrected chi connectivity index (χ1v) is 8.09. The Bertz CT molecular complexity index is 500. The predicted octanol–water partition coefficient (Wildman–Crippen LogP) is 3.98. The molecule has 1 aromatic rings. The van der Waals surface area contributed by atoms with Crippen LogP contribution < -0.4 is 4.74 Å². The summed E-state index contributed by atoms with van der Waals surface area (Å²) in [6.45, 7) is 4.61. The van der Waals surface area contributed by atoms with Crippen LogP contribution in [0.15, 0.2) is 24.3 Å². The quantitative estimate of drug-likeness (QED) is 0.837. The van der Waals surface area contributed by atoms with Gasteiger partial charge in [-0.15, -0.1) is 13.2 Å². The van der Waals surface area contributed by atoms with E-state index in [1.807, 2.05) is 0 Å². The summed E-state index contributed by atoms with van der Waals surface area (Å²) in [7, 11) is 0. The molecule has 0 amide bonds. The molecule has 6 heteroatoms. The lowest BCUT2D eigenvalue weighted by molar-refractivity contribution is -0.274. The fraction of sp³-hybridized carbons (Fsp3) is 0.647. The van der Waals surface area contributed by atoms with Crippen LogP contribution in [0.4, 0.5) is 13.2 Å². The Morgan fingerprint density at radius 3 is 2.17 bits per heavy atom. The van der Waals surface area contributed by atoms with E-state index in [9.17, 15) is 13.2 Å². The molecule has 128 valence electrons. The molecular weight excluding hydrogens is 307 g/mol. The molecule has 2 saturated heterocycles. The van der Waals surface area contributed by atoms with Crippen molar-refractivity contribution < 1.29 is 22.6 Å². The van der Waals surface area contributed by atoms with Gasteiger partial charge >= 0.3 is 6.36 Å². The number of benzene rings is 1. The molecule has 2 heterocycles. The Kier molecular flexibility index (Phi) is 4.82. The van der Waals surface area contributed by atoms with Crippen molar-refractivity contribution in [1.29, 1.82) is 0 Å². The smallest absolute Gasteiger partial charge is 0.406 e. The van der Waals surface area contributed by atoms with Crippen LogP contribution >= 0.6 is 0 Å². The first-order valence-electron chi connectivity index (χ1n) is 8.09. The maximum absolute atomic E-state index is 12.1. The molecule has 0 saturated carbocycles. The molecule has 23 heavy (non-hydrogen) atoms. The van der Waals surface area contributed by atoms with E-state index < -0.39 is 6.36 Å². The van der Waals surface area contributed by atoms with Gasteiger partial charge < -0.3 is 9.47 Å². The van der Waals surface area contributed by atoms with E-state index >= 15 is 0 Å². The fourth-order valence-corrected chi connectivity index (χ4v) is 3.54. The van der Waals surface area contributed by atoms with Crippen LogP contribution in [0.5, 0.6) is 5.75 Å². The number of likely N-dealkylation sites (tertiary alicyclic amines) is 1. The van der Waals surface area contributed by atoms with Gasteiger partial charge in [0.2, 0.25) is 0 Å². The summed E-state index contributed by atoms with van der Waals surface area (Å²) in [6.07, 6.45) is 0.0539. The molecule has 0 atom stereocenters. The van der Waals surface area contributed by atoms with Crippen LogP contribution in [0.3, 0.4) is 0 Å². The lowest BCUT2D eigenvalue weighted by atomic mass is 9.72. The highest BCUT2D eigenvalue weighted by Crippen LogP contribution is 2.40. The van der Waals surface area contributed by atoms with Crippen molar-refractivity contribution in [3.63, 3.8) is 0 Å². The summed E-state index contributed by atoms with van der Waals surface area (Å²) in [4.78, 5) is 2.38. The Hall–Kier alpha value is -1.27. The fourth-order valence-electron chi connectivity index (χ4n) is 3.54. The van der Waals surface area contributed by atoms with Gasteiger partial charge in [0.1, 0.15) is 5.75 Å². The maximum Gasteiger partial charge on any atom is 0.573 e. The number of hydrogen-bond donors (Lipinski definition) is 0. The predicted molar refractivity (Wildman–Crippen MR) is 80.1 cm³/mol. The normalized spacial score (nSPS) is 22.2. The standard InChI is InChI=1S/C17H22F3NO2/c18-17(19,20)23-15-3-1-14(2-4-15)13-21-9-5-16(6-10-21)7-11-22-12-8-16/h1-4H,5-13H2. The number of nitrogens with zero attached hydrogens (tertiary/aromatic N) is 1. The zero-order valence-electron chi connectivity index (χ0n) is 13.1. The highest BCUT2D eigenvalue weighted by molar-refractivity contribution is 5.27. The van der Waals surface area contributed by atoms with Gasteiger partial charge in [-0.2, -0.15) is 0 Å². The second-order valence-electron chi connectivity index (χ2n) is 6.58. The minimum Gasteiger partial charge on any atom is -0.406 e. The van der Waals surface area contributed by atoms with Crippen molar-refractivity contribution in [3.05, 3.63) is 29.8 Å². The number of rotatable bonds is 3. The SMILES string of the molecule is FC(F)(F)Oc1ccc(CN2CCC3(CCOCC3)CC2)cc1. The summed E-state index contributed by atoms with van der Waals surface area (Å²) in [5.41, 5.74) is 1.47. The average molecular weight is 329 g/mol. The number of piperidine rings is 1. The van der Waals surface area contributed by atoms with E-state index in [0.717, 1.165) is 51.3 Å². The molecule has 0 aliphatic carbocycles. The van der Waals surface area contributed by atoms with Gasteiger partial charge in [0.25, 0.3) is 0 Å². The Balaban J connectivity index is 1.50.